The molecular weight excluding hydrogens is 188 g/mol. The van der Waals surface area contributed by atoms with Crippen LogP contribution in [0.25, 0.3) is 0 Å². The van der Waals surface area contributed by atoms with E-state index in [1.54, 1.807) is 0 Å². The van der Waals surface area contributed by atoms with Crippen molar-refractivity contribution in [1.29, 1.82) is 0 Å². The van der Waals surface area contributed by atoms with Crippen molar-refractivity contribution >= 4 is 5.91 Å². The van der Waals surface area contributed by atoms with Crippen LogP contribution in [0.1, 0.15) is 40.5 Å². The van der Waals surface area contributed by atoms with Gasteiger partial charge in [0.2, 0.25) is 5.91 Å². The highest BCUT2D eigenvalue weighted by molar-refractivity contribution is 5.78. The molecule has 0 aliphatic carbocycles. The van der Waals surface area contributed by atoms with Gasteiger partial charge in [-0.1, -0.05) is 20.8 Å². The highest BCUT2D eigenvalue weighted by Crippen LogP contribution is 2.28. The molecule has 0 aromatic rings. The van der Waals surface area contributed by atoms with E-state index >= 15 is 0 Å². The molecule has 3 nitrogen and oxygen atoms in total. The highest BCUT2D eigenvalue weighted by atomic mass is 16.2. The average molecular weight is 212 g/mol. The molecule has 0 bridgehead atoms. The van der Waals surface area contributed by atoms with Crippen LogP contribution in [-0.2, 0) is 4.79 Å². The van der Waals surface area contributed by atoms with Crippen molar-refractivity contribution in [3.8, 4) is 0 Å². The van der Waals surface area contributed by atoms with Crippen molar-refractivity contribution in [1.82, 2.24) is 10.2 Å². The Balaban J connectivity index is 2.30. The normalized spacial score (nSPS) is 21.7. The number of hydrogen-bond acceptors (Lipinski definition) is 2. The Kier molecular flexibility index (Phi) is 4.14. The fourth-order valence-electron chi connectivity index (χ4n) is 1.84. The number of nitrogens with one attached hydrogen (secondary N) is 1. The molecule has 3 heteroatoms. The molecule has 1 rings (SSSR count). The Labute approximate surface area is 93.2 Å². The van der Waals surface area contributed by atoms with E-state index in [-0.39, 0.29) is 5.91 Å². The summed E-state index contributed by atoms with van der Waals surface area (Å²) in [4.78, 5) is 13.8. The number of hydrogen-bond donors (Lipinski definition) is 1. The van der Waals surface area contributed by atoms with Gasteiger partial charge in [-0.3, -0.25) is 4.79 Å². The average Bonchev–Trinajstić information content (AvgIpc) is 2.54. The zero-order valence-electron chi connectivity index (χ0n) is 10.5. The molecular formula is C12H24N2O. The lowest BCUT2D eigenvalue weighted by atomic mass is 9.93. The van der Waals surface area contributed by atoms with Gasteiger partial charge in [-0.25, -0.2) is 0 Å². The third-order valence-corrected chi connectivity index (χ3v) is 3.24. The first kappa shape index (κ1) is 12.5. The van der Waals surface area contributed by atoms with Crippen LogP contribution in [0.4, 0.5) is 0 Å². The zero-order chi connectivity index (χ0) is 11.5. The van der Waals surface area contributed by atoms with Gasteiger partial charge in [-0.15, -0.1) is 0 Å². The third kappa shape index (κ3) is 3.82. The van der Waals surface area contributed by atoms with E-state index in [9.17, 15) is 4.79 Å². The molecule has 0 aromatic heterocycles. The van der Waals surface area contributed by atoms with Crippen LogP contribution >= 0.6 is 0 Å². The van der Waals surface area contributed by atoms with Crippen LogP contribution in [0, 0.1) is 5.41 Å². The summed E-state index contributed by atoms with van der Waals surface area (Å²) in [5.74, 6) is 0.251. The summed E-state index contributed by atoms with van der Waals surface area (Å²) < 4.78 is 0. The number of rotatable bonds is 4. The molecule has 0 aromatic carbocycles. The van der Waals surface area contributed by atoms with Gasteiger partial charge in [0.15, 0.2) is 0 Å². The summed E-state index contributed by atoms with van der Waals surface area (Å²) in [5, 5.41) is 3.25. The van der Waals surface area contributed by atoms with Crippen molar-refractivity contribution < 1.29 is 4.79 Å². The van der Waals surface area contributed by atoms with Crippen molar-refractivity contribution in [3.63, 3.8) is 0 Å². The molecule has 0 radical (unpaired) electrons. The Morgan fingerprint density at radius 3 is 2.67 bits per heavy atom. The molecule has 1 saturated heterocycles. The first-order chi connectivity index (χ1) is 6.94. The second kappa shape index (κ2) is 4.97. The maximum Gasteiger partial charge on any atom is 0.236 e. The molecule has 1 atom stereocenters. The fourth-order valence-corrected chi connectivity index (χ4v) is 1.84. The summed E-state index contributed by atoms with van der Waals surface area (Å²) in [6, 6.07) is 0.435. The zero-order valence-corrected chi connectivity index (χ0v) is 10.5. The van der Waals surface area contributed by atoms with Gasteiger partial charge < -0.3 is 10.2 Å². The maximum atomic E-state index is 11.8. The second-order valence-corrected chi connectivity index (χ2v) is 5.42. The fraction of sp³-hybridized carbons (Fsp3) is 0.917. The summed E-state index contributed by atoms with van der Waals surface area (Å²) >= 11 is 0. The summed E-state index contributed by atoms with van der Waals surface area (Å²) in [6.45, 7) is 11.0. The lowest BCUT2D eigenvalue weighted by Crippen LogP contribution is -2.40. The van der Waals surface area contributed by atoms with Crippen molar-refractivity contribution in [2.24, 2.45) is 5.41 Å². The molecule has 1 fully saturated rings. The van der Waals surface area contributed by atoms with E-state index < -0.39 is 0 Å². The largest absolute Gasteiger partial charge is 0.341 e. The Morgan fingerprint density at radius 1 is 1.53 bits per heavy atom. The van der Waals surface area contributed by atoms with E-state index in [1.165, 1.54) is 0 Å². The predicted molar refractivity (Wildman–Crippen MR) is 62.7 cm³/mol. The van der Waals surface area contributed by atoms with Crippen LogP contribution in [-0.4, -0.2) is 36.5 Å². The van der Waals surface area contributed by atoms with Gasteiger partial charge in [0.05, 0.1) is 6.54 Å². The molecule has 15 heavy (non-hydrogen) atoms. The molecule has 1 amide bonds. The van der Waals surface area contributed by atoms with Gasteiger partial charge in [0, 0.05) is 19.1 Å². The minimum absolute atomic E-state index is 0.251. The number of carbonyl (C=O) groups is 1. The second-order valence-electron chi connectivity index (χ2n) is 5.42. The maximum absolute atomic E-state index is 11.8. The van der Waals surface area contributed by atoms with Crippen LogP contribution < -0.4 is 5.32 Å². The van der Waals surface area contributed by atoms with Gasteiger partial charge in [-0.2, -0.15) is 0 Å². The number of carbonyl (C=O) groups excluding carboxylic acids is 1. The molecule has 1 heterocycles. The van der Waals surface area contributed by atoms with Gasteiger partial charge in [0.1, 0.15) is 0 Å². The van der Waals surface area contributed by atoms with Crippen molar-refractivity contribution in [2.75, 3.05) is 19.6 Å². The summed E-state index contributed by atoms with van der Waals surface area (Å²) in [6.07, 6.45) is 2.20. The molecule has 1 aliphatic heterocycles. The van der Waals surface area contributed by atoms with Crippen LogP contribution in [0.15, 0.2) is 0 Å². The minimum atomic E-state index is 0.251. The van der Waals surface area contributed by atoms with Crippen molar-refractivity contribution in [2.45, 2.75) is 46.6 Å². The van der Waals surface area contributed by atoms with Crippen LogP contribution in [0.3, 0.4) is 0 Å². The number of nitrogens with zero attached hydrogens (tertiary/aromatic N) is 1. The van der Waals surface area contributed by atoms with Gasteiger partial charge in [-0.05, 0) is 25.2 Å². The number of likely N-dealkylation sites (tertiary alicyclic amines) is 1. The predicted octanol–water partition coefficient (Wildman–Crippen LogP) is 1.63. The van der Waals surface area contributed by atoms with Crippen LogP contribution in [0.5, 0.6) is 0 Å². The van der Waals surface area contributed by atoms with Crippen LogP contribution in [0.2, 0.25) is 0 Å². The van der Waals surface area contributed by atoms with E-state index in [0.717, 1.165) is 25.9 Å². The summed E-state index contributed by atoms with van der Waals surface area (Å²) in [5.41, 5.74) is 0.312. The topological polar surface area (TPSA) is 32.3 Å². The van der Waals surface area contributed by atoms with E-state index in [2.05, 4.69) is 33.0 Å². The molecule has 0 saturated carbocycles. The summed E-state index contributed by atoms with van der Waals surface area (Å²) in [7, 11) is 0. The lowest BCUT2D eigenvalue weighted by Gasteiger charge is -2.21. The first-order valence-electron chi connectivity index (χ1n) is 5.96. The van der Waals surface area contributed by atoms with Gasteiger partial charge >= 0.3 is 0 Å². The quantitative estimate of drug-likeness (QED) is 0.768. The van der Waals surface area contributed by atoms with E-state index in [1.807, 2.05) is 4.90 Å². The minimum Gasteiger partial charge on any atom is -0.341 e. The first-order valence-corrected chi connectivity index (χ1v) is 5.96. The molecule has 88 valence electrons. The smallest absolute Gasteiger partial charge is 0.236 e. The highest BCUT2D eigenvalue weighted by Gasteiger charge is 2.31. The third-order valence-electron chi connectivity index (χ3n) is 3.24. The SMILES string of the molecule is CCC(C)NCC(=O)N1CCC(C)(C)C1. The molecule has 0 spiro atoms. The van der Waals surface area contributed by atoms with E-state index in [0.29, 0.717) is 18.0 Å². The lowest BCUT2D eigenvalue weighted by molar-refractivity contribution is -0.129. The van der Waals surface area contributed by atoms with Crippen molar-refractivity contribution in [3.05, 3.63) is 0 Å². The number of amides is 1. The standard InChI is InChI=1S/C12H24N2O/c1-5-10(2)13-8-11(15)14-7-6-12(3,4)9-14/h10,13H,5-9H2,1-4H3. The monoisotopic (exact) mass is 212 g/mol. The molecule has 1 N–H and O–H groups in total. The Hall–Kier alpha value is -0.570. The van der Waals surface area contributed by atoms with Gasteiger partial charge in [0.25, 0.3) is 0 Å². The Morgan fingerprint density at radius 2 is 2.20 bits per heavy atom. The molecule has 1 aliphatic rings. The van der Waals surface area contributed by atoms with E-state index in [4.69, 9.17) is 0 Å². The molecule has 1 unspecified atom stereocenters. The Bertz CT molecular complexity index is 226.